The van der Waals surface area contributed by atoms with Crippen LogP contribution in [0.3, 0.4) is 0 Å². The number of nitrogens with one attached hydrogen (secondary N) is 2. The lowest BCUT2D eigenvalue weighted by Gasteiger charge is -2.28. The maximum Gasteiger partial charge on any atom is 0.224 e. The van der Waals surface area contributed by atoms with E-state index in [1.165, 1.54) is 25.7 Å². The average molecular weight is 350 g/mol. The summed E-state index contributed by atoms with van der Waals surface area (Å²) in [7, 11) is 3.91. The van der Waals surface area contributed by atoms with Gasteiger partial charge in [0.15, 0.2) is 5.65 Å². The quantitative estimate of drug-likeness (QED) is 0.739. The molecule has 4 rings (SSSR count). The summed E-state index contributed by atoms with van der Waals surface area (Å²) >= 11 is 0. The van der Waals surface area contributed by atoms with Gasteiger partial charge < -0.3 is 10.6 Å². The number of nitrogens with zero attached hydrogens (tertiary/aromatic N) is 4. The van der Waals surface area contributed by atoms with Crippen LogP contribution in [0.4, 0.5) is 5.95 Å². The molecule has 26 heavy (non-hydrogen) atoms. The molecule has 2 aromatic heterocycles. The van der Waals surface area contributed by atoms with Gasteiger partial charge in [-0.3, -0.25) is 0 Å². The van der Waals surface area contributed by atoms with E-state index in [0.29, 0.717) is 17.9 Å². The molecule has 1 saturated carbocycles. The number of benzene rings is 1. The number of hydrogen-bond donors (Lipinski definition) is 2. The molecule has 0 saturated heterocycles. The second kappa shape index (κ2) is 7.41. The van der Waals surface area contributed by atoms with Crippen molar-refractivity contribution in [2.75, 3.05) is 19.4 Å². The van der Waals surface area contributed by atoms with Crippen LogP contribution in [0.1, 0.15) is 25.7 Å². The highest BCUT2D eigenvalue weighted by Gasteiger charge is 2.23. The van der Waals surface area contributed by atoms with Gasteiger partial charge in [-0.15, -0.1) is 0 Å². The molecule has 0 aliphatic heterocycles. The van der Waals surface area contributed by atoms with Crippen LogP contribution < -0.4 is 10.6 Å². The van der Waals surface area contributed by atoms with Crippen molar-refractivity contribution in [3.05, 3.63) is 36.5 Å². The lowest BCUT2D eigenvalue weighted by atomic mass is 9.86. The van der Waals surface area contributed by atoms with E-state index < -0.39 is 0 Å². The number of fused-ring (bicyclic) bond motifs is 1. The molecular weight excluding hydrogens is 324 g/mol. The van der Waals surface area contributed by atoms with Gasteiger partial charge in [0.05, 0.1) is 5.39 Å². The Morgan fingerprint density at radius 1 is 1.08 bits per heavy atom. The minimum absolute atomic E-state index is 0.636. The van der Waals surface area contributed by atoms with Gasteiger partial charge in [0.1, 0.15) is 5.69 Å². The molecule has 0 bridgehead atoms. The third kappa shape index (κ3) is 3.29. The van der Waals surface area contributed by atoms with Crippen LogP contribution in [0.25, 0.3) is 22.3 Å². The Morgan fingerprint density at radius 2 is 1.85 bits per heavy atom. The van der Waals surface area contributed by atoms with E-state index in [4.69, 9.17) is 10.1 Å². The Morgan fingerprint density at radius 3 is 2.54 bits per heavy atom. The molecule has 0 atom stereocenters. The molecule has 1 aromatic carbocycles. The normalized spacial score (nSPS) is 20.4. The van der Waals surface area contributed by atoms with E-state index in [1.54, 1.807) is 0 Å². The highest BCUT2D eigenvalue weighted by molar-refractivity contribution is 5.91. The van der Waals surface area contributed by atoms with Crippen molar-refractivity contribution >= 4 is 17.0 Å². The van der Waals surface area contributed by atoms with Crippen molar-refractivity contribution < 1.29 is 0 Å². The molecule has 6 nitrogen and oxygen atoms in total. The van der Waals surface area contributed by atoms with E-state index in [0.717, 1.165) is 28.8 Å². The number of rotatable bonds is 5. The van der Waals surface area contributed by atoms with Gasteiger partial charge in [-0.05, 0) is 38.6 Å². The van der Waals surface area contributed by atoms with Gasteiger partial charge in [-0.25, -0.2) is 9.67 Å². The summed E-state index contributed by atoms with van der Waals surface area (Å²) < 4.78 is 2.09. The first-order valence-corrected chi connectivity index (χ1v) is 9.42. The highest BCUT2D eigenvalue weighted by atomic mass is 15.3. The Hall–Kier alpha value is -2.47. The molecular formula is C20H26N6. The lowest BCUT2D eigenvalue weighted by molar-refractivity contribution is 0.270. The minimum Gasteiger partial charge on any atom is -0.357 e. The largest absolute Gasteiger partial charge is 0.357 e. The van der Waals surface area contributed by atoms with E-state index in [1.807, 2.05) is 31.4 Å². The zero-order chi connectivity index (χ0) is 17.9. The molecule has 136 valence electrons. The van der Waals surface area contributed by atoms with Crippen LogP contribution in [0.2, 0.25) is 0 Å². The fourth-order valence-corrected chi connectivity index (χ4v) is 3.89. The summed E-state index contributed by atoms with van der Waals surface area (Å²) in [5.74, 6) is 1.29. The summed E-state index contributed by atoms with van der Waals surface area (Å²) in [6.45, 7) is 0.917. The predicted octanol–water partition coefficient (Wildman–Crippen LogP) is 3.31. The second-order valence-corrected chi connectivity index (χ2v) is 7.08. The van der Waals surface area contributed by atoms with Gasteiger partial charge in [-0.1, -0.05) is 30.3 Å². The third-order valence-corrected chi connectivity index (χ3v) is 5.45. The molecule has 6 heteroatoms. The van der Waals surface area contributed by atoms with Crippen LogP contribution in [-0.4, -0.2) is 39.9 Å². The molecule has 1 fully saturated rings. The minimum atomic E-state index is 0.636. The van der Waals surface area contributed by atoms with Crippen LogP contribution in [0.15, 0.2) is 36.5 Å². The van der Waals surface area contributed by atoms with Crippen molar-refractivity contribution in [1.29, 1.82) is 0 Å². The van der Waals surface area contributed by atoms with Crippen molar-refractivity contribution in [3.8, 4) is 11.3 Å². The molecule has 0 unspecified atom stereocenters. The smallest absolute Gasteiger partial charge is 0.224 e. The van der Waals surface area contributed by atoms with Gasteiger partial charge >= 0.3 is 0 Å². The Labute approximate surface area is 154 Å². The number of aromatic nitrogens is 4. The summed E-state index contributed by atoms with van der Waals surface area (Å²) in [5, 5.41) is 12.4. The molecule has 1 aliphatic rings. The molecule has 0 spiro atoms. The monoisotopic (exact) mass is 350 g/mol. The van der Waals surface area contributed by atoms with E-state index in [-0.39, 0.29) is 0 Å². The lowest BCUT2D eigenvalue weighted by Crippen LogP contribution is -2.31. The maximum absolute atomic E-state index is 4.94. The summed E-state index contributed by atoms with van der Waals surface area (Å²) in [4.78, 5) is 9.11. The zero-order valence-corrected chi connectivity index (χ0v) is 15.4. The molecule has 3 aromatic rings. The van der Waals surface area contributed by atoms with E-state index in [2.05, 4.69) is 39.5 Å². The van der Waals surface area contributed by atoms with Gasteiger partial charge in [0.2, 0.25) is 5.95 Å². The van der Waals surface area contributed by atoms with Crippen LogP contribution in [-0.2, 0) is 6.54 Å². The predicted molar refractivity (Wildman–Crippen MR) is 105 cm³/mol. The number of anilines is 1. The number of hydrogen-bond acceptors (Lipinski definition) is 5. The van der Waals surface area contributed by atoms with Gasteiger partial charge in [-0.2, -0.15) is 10.1 Å². The first kappa shape index (κ1) is 17.0. The van der Waals surface area contributed by atoms with Crippen molar-refractivity contribution in [1.82, 2.24) is 25.1 Å². The van der Waals surface area contributed by atoms with Gasteiger partial charge in [0, 0.05) is 31.4 Å². The van der Waals surface area contributed by atoms with E-state index in [9.17, 15) is 0 Å². The topological polar surface area (TPSA) is 67.7 Å². The molecule has 0 amide bonds. The molecule has 1 aliphatic carbocycles. The fraction of sp³-hybridized carbons (Fsp3) is 0.450. The summed E-state index contributed by atoms with van der Waals surface area (Å²) in [6, 6.07) is 11.0. The van der Waals surface area contributed by atoms with Crippen LogP contribution >= 0.6 is 0 Å². The Balaban J connectivity index is 1.69. The Kier molecular flexibility index (Phi) is 4.84. The standard InChI is InChI=1S/C20H26N6/c1-21-16-10-8-14(9-11-16)13-26-19-17(12-23-20(22-2)24-19)18(25-26)15-6-4-3-5-7-15/h3-7,12,14,16,21H,8-11,13H2,1-2H3,(H,22,23,24)/t14-,16+. The first-order valence-electron chi connectivity index (χ1n) is 9.42. The maximum atomic E-state index is 4.94. The highest BCUT2D eigenvalue weighted by Crippen LogP contribution is 2.30. The van der Waals surface area contributed by atoms with Gasteiger partial charge in [0.25, 0.3) is 0 Å². The van der Waals surface area contributed by atoms with Crippen LogP contribution in [0.5, 0.6) is 0 Å². The Bertz CT molecular complexity index is 865. The molecule has 2 N–H and O–H groups in total. The first-order chi connectivity index (χ1) is 12.8. The van der Waals surface area contributed by atoms with Crippen molar-refractivity contribution in [2.45, 2.75) is 38.3 Å². The third-order valence-electron chi connectivity index (χ3n) is 5.45. The zero-order valence-electron chi connectivity index (χ0n) is 15.4. The van der Waals surface area contributed by atoms with E-state index >= 15 is 0 Å². The fourth-order valence-electron chi connectivity index (χ4n) is 3.89. The van der Waals surface area contributed by atoms with Crippen molar-refractivity contribution in [3.63, 3.8) is 0 Å². The average Bonchev–Trinajstić information content (AvgIpc) is 3.07. The molecule has 2 heterocycles. The van der Waals surface area contributed by atoms with Crippen molar-refractivity contribution in [2.24, 2.45) is 5.92 Å². The second-order valence-electron chi connectivity index (χ2n) is 7.08. The summed E-state index contributed by atoms with van der Waals surface area (Å²) in [6.07, 6.45) is 6.83. The van der Waals surface area contributed by atoms with Crippen LogP contribution in [0, 0.1) is 5.92 Å². The summed E-state index contributed by atoms with van der Waals surface area (Å²) in [5.41, 5.74) is 2.99. The molecule has 0 radical (unpaired) electrons. The SMILES string of the molecule is CNc1ncc2c(-c3ccccc3)nn(C[C@H]3CC[C@@H](NC)CC3)c2n1.